The highest BCUT2D eigenvalue weighted by Gasteiger charge is 2.33. The zero-order valence-electron chi connectivity index (χ0n) is 10.7. The van der Waals surface area contributed by atoms with Crippen LogP contribution in [0, 0.1) is 11.3 Å². The maximum absolute atomic E-state index is 12.7. The second kappa shape index (κ2) is 6.19. The predicted molar refractivity (Wildman–Crippen MR) is 77.6 cm³/mol. The van der Waals surface area contributed by atoms with Crippen LogP contribution in [0.5, 0.6) is 0 Å². The van der Waals surface area contributed by atoms with Crippen LogP contribution in [-0.4, -0.2) is 0 Å². The minimum atomic E-state index is -4.52. The fourth-order valence-corrected chi connectivity index (χ4v) is 2.06. The molecule has 0 unspecified atom stereocenters. The number of rotatable bonds is 3. The maximum atomic E-state index is 12.7. The van der Waals surface area contributed by atoms with E-state index in [1.54, 1.807) is 6.07 Å². The van der Waals surface area contributed by atoms with Crippen molar-refractivity contribution in [2.45, 2.75) is 12.7 Å². The lowest BCUT2D eigenvalue weighted by molar-refractivity contribution is -0.137. The smallest absolute Gasteiger partial charge is 0.381 e. The Morgan fingerprint density at radius 2 is 1.76 bits per heavy atom. The quantitative estimate of drug-likeness (QED) is 0.846. The summed E-state index contributed by atoms with van der Waals surface area (Å²) in [5.41, 5.74) is 0.154. The fraction of sp³-hybridized carbons (Fsp3) is 0.133. The highest BCUT2D eigenvalue weighted by Crippen LogP contribution is 2.33. The van der Waals surface area contributed by atoms with Crippen LogP contribution in [0.15, 0.2) is 46.9 Å². The third kappa shape index (κ3) is 3.99. The molecule has 0 fully saturated rings. The lowest BCUT2D eigenvalue weighted by Crippen LogP contribution is -2.08. The van der Waals surface area contributed by atoms with Crippen molar-refractivity contribution in [2.75, 3.05) is 5.32 Å². The Balaban J connectivity index is 2.15. The molecule has 2 aromatic carbocycles. The van der Waals surface area contributed by atoms with Crippen LogP contribution in [0.25, 0.3) is 0 Å². The first-order valence-corrected chi connectivity index (χ1v) is 6.79. The molecular weight excluding hydrogens is 345 g/mol. The molecule has 0 spiro atoms. The van der Waals surface area contributed by atoms with Gasteiger partial charge in [-0.3, -0.25) is 0 Å². The molecule has 21 heavy (non-hydrogen) atoms. The monoisotopic (exact) mass is 354 g/mol. The van der Waals surface area contributed by atoms with Crippen molar-refractivity contribution < 1.29 is 13.2 Å². The second-order valence-corrected chi connectivity index (χ2v) is 5.27. The Morgan fingerprint density at radius 3 is 2.33 bits per heavy atom. The first kappa shape index (κ1) is 15.4. The minimum absolute atomic E-state index is 0.386. The van der Waals surface area contributed by atoms with Crippen LogP contribution in [-0.2, 0) is 12.7 Å². The molecule has 0 aliphatic rings. The Kier molecular flexibility index (Phi) is 4.53. The molecule has 2 rings (SSSR count). The van der Waals surface area contributed by atoms with Gasteiger partial charge in [0.05, 0.1) is 17.2 Å². The van der Waals surface area contributed by atoms with Crippen molar-refractivity contribution in [3.05, 3.63) is 63.6 Å². The van der Waals surface area contributed by atoms with Crippen LogP contribution in [0.2, 0.25) is 0 Å². The van der Waals surface area contributed by atoms with E-state index < -0.39 is 11.7 Å². The van der Waals surface area contributed by atoms with Gasteiger partial charge in [-0.2, -0.15) is 18.4 Å². The van der Waals surface area contributed by atoms with E-state index in [-0.39, 0.29) is 5.56 Å². The average Bonchev–Trinajstić information content (AvgIpc) is 2.45. The number of nitriles is 1. The number of halogens is 4. The van der Waals surface area contributed by atoms with Crippen LogP contribution in [0.1, 0.15) is 16.7 Å². The molecule has 1 N–H and O–H groups in total. The van der Waals surface area contributed by atoms with Crippen LogP contribution >= 0.6 is 15.9 Å². The molecule has 0 aliphatic carbocycles. The molecule has 0 saturated heterocycles. The van der Waals surface area contributed by atoms with E-state index in [1.165, 1.54) is 12.1 Å². The van der Waals surface area contributed by atoms with Crippen molar-refractivity contribution in [3.63, 3.8) is 0 Å². The van der Waals surface area contributed by atoms with Crippen molar-refractivity contribution in [1.29, 1.82) is 5.26 Å². The molecule has 0 aromatic heterocycles. The molecule has 0 saturated carbocycles. The average molecular weight is 355 g/mol. The molecule has 2 nitrogen and oxygen atoms in total. The van der Waals surface area contributed by atoms with Gasteiger partial charge in [-0.1, -0.05) is 28.1 Å². The number of nitrogens with one attached hydrogen (secondary N) is 1. The normalized spacial score (nSPS) is 11.0. The predicted octanol–water partition coefficient (Wildman–Crippen LogP) is 4.95. The zero-order chi connectivity index (χ0) is 15.5. The Morgan fingerprint density at radius 1 is 1.10 bits per heavy atom. The number of hydrogen-bond acceptors (Lipinski definition) is 2. The summed E-state index contributed by atoms with van der Waals surface area (Å²) in [4.78, 5) is 0. The van der Waals surface area contributed by atoms with Crippen molar-refractivity contribution in [3.8, 4) is 6.07 Å². The van der Waals surface area contributed by atoms with Gasteiger partial charge >= 0.3 is 6.18 Å². The number of nitrogens with zero attached hydrogens (tertiary/aromatic N) is 1. The minimum Gasteiger partial charge on any atom is -0.381 e. The SMILES string of the molecule is N#Cc1cc(NCc2ccc(Br)cc2)ccc1C(F)(F)F. The Labute approximate surface area is 128 Å². The van der Waals surface area contributed by atoms with Gasteiger partial charge in [0.1, 0.15) is 0 Å². The molecule has 0 bridgehead atoms. The van der Waals surface area contributed by atoms with Gasteiger partial charge < -0.3 is 5.32 Å². The van der Waals surface area contributed by atoms with Gasteiger partial charge in [0, 0.05) is 16.7 Å². The highest BCUT2D eigenvalue weighted by atomic mass is 79.9. The van der Waals surface area contributed by atoms with E-state index in [0.29, 0.717) is 12.2 Å². The molecule has 2 aromatic rings. The van der Waals surface area contributed by atoms with Crippen LogP contribution < -0.4 is 5.32 Å². The van der Waals surface area contributed by atoms with E-state index in [4.69, 9.17) is 5.26 Å². The molecule has 0 radical (unpaired) electrons. The van der Waals surface area contributed by atoms with E-state index in [0.717, 1.165) is 16.1 Å². The summed E-state index contributed by atoms with van der Waals surface area (Å²) < 4.78 is 39.0. The molecule has 6 heteroatoms. The van der Waals surface area contributed by atoms with E-state index in [1.807, 2.05) is 24.3 Å². The number of benzene rings is 2. The van der Waals surface area contributed by atoms with Crippen LogP contribution in [0.3, 0.4) is 0 Å². The van der Waals surface area contributed by atoms with Gasteiger partial charge in [-0.15, -0.1) is 0 Å². The van der Waals surface area contributed by atoms with Crippen molar-refractivity contribution >= 4 is 21.6 Å². The maximum Gasteiger partial charge on any atom is 0.417 e. The number of anilines is 1. The lowest BCUT2D eigenvalue weighted by atomic mass is 10.1. The largest absolute Gasteiger partial charge is 0.417 e. The highest BCUT2D eigenvalue weighted by molar-refractivity contribution is 9.10. The van der Waals surface area contributed by atoms with Gasteiger partial charge in [-0.25, -0.2) is 0 Å². The van der Waals surface area contributed by atoms with Gasteiger partial charge in [0.15, 0.2) is 0 Å². The van der Waals surface area contributed by atoms with Crippen LogP contribution in [0.4, 0.5) is 18.9 Å². The Hall–Kier alpha value is -2.00. The summed E-state index contributed by atoms with van der Waals surface area (Å²) in [5.74, 6) is 0. The molecule has 0 heterocycles. The summed E-state index contributed by atoms with van der Waals surface area (Å²) in [6, 6.07) is 12.6. The zero-order valence-corrected chi connectivity index (χ0v) is 12.3. The number of alkyl halides is 3. The standard InChI is InChI=1S/C15H10BrF3N2/c16-12-3-1-10(2-4-12)9-21-13-5-6-14(15(17,18)19)11(7-13)8-20/h1-7,21H,9H2. The van der Waals surface area contributed by atoms with E-state index in [2.05, 4.69) is 21.2 Å². The second-order valence-electron chi connectivity index (χ2n) is 4.35. The molecule has 108 valence electrons. The molecule has 0 atom stereocenters. The summed E-state index contributed by atoms with van der Waals surface area (Å²) in [6.45, 7) is 0.462. The van der Waals surface area contributed by atoms with E-state index >= 15 is 0 Å². The lowest BCUT2D eigenvalue weighted by Gasteiger charge is -2.11. The van der Waals surface area contributed by atoms with Crippen molar-refractivity contribution in [2.24, 2.45) is 0 Å². The molecular formula is C15H10BrF3N2. The third-order valence-electron chi connectivity index (χ3n) is 2.86. The van der Waals surface area contributed by atoms with Crippen molar-refractivity contribution in [1.82, 2.24) is 0 Å². The topological polar surface area (TPSA) is 35.8 Å². The van der Waals surface area contributed by atoms with Gasteiger partial charge in [-0.05, 0) is 35.9 Å². The summed E-state index contributed by atoms with van der Waals surface area (Å²) >= 11 is 3.32. The first-order chi connectivity index (χ1) is 9.90. The fourth-order valence-electron chi connectivity index (χ4n) is 1.80. The summed E-state index contributed by atoms with van der Waals surface area (Å²) in [7, 11) is 0. The first-order valence-electron chi connectivity index (χ1n) is 6.00. The third-order valence-corrected chi connectivity index (χ3v) is 3.38. The number of hydrogen-bond donors (Lipinski definition) is 1. The molecule has 0 aliphatic heterocycles. The Bertz CT molecular complexity index is 673. The van der Waals surface area contributed by atoms with E-state index in [9.17, 15) is 13.2 Å². The van der Waals surface area contributed by atoms with Gasteiger partial charge in [0.25, 0.3) is 0 Å². The van der Waals surface area contributed by atoms with Gasteiger partial charge in [0.2, 0.25) is 0 Å². The summed E-state index contributed by atoms with van der Waals surface area (Å²) in [5, 5.41) is 11.8. The summed E-state index contributed by atoms with van der Waals surface area (Å²) in [6.07, 6.45) is -4.52. The molecule has 0 amide bonds.